The van der Waals surface area contributed by atoms with Crippen LogP contribution >= 0.6 is 12.2 Å². The summed E-state index contributed by atoms with van der Waals surface area (Å²) < 4.78 is 0. The Morgan fingerprint density at radius 3 is 2.96 bits per heavy atom. The topological polar surface area (TPSA) is 71.0 Å². The number of hydrogen-bond acceptors (Lipinski definition) is 6. The molecule has 6 nitrogen and oxygen atoms in total. The zero-order chi connectivity index (χ0) is 19.5. The van der Waals surface area contributed by atoms with Crippen molar-refractivity contribution >= 4 is 35.0 Å². The SMILES string of the molecule is Cc1cccc(NC(=O)c2ccnc(N3CCc4nc(C=S)ncc4C3)c2)c1. The average Bonchev–Trinajstić information content (AvgIpc) is 2.73. The average molecular weight is 389 g/mol. The van der Waals surface area contributed by atoms with Gasteiger partial charge in [0.15, 0.2) is 5.82 Å². The lowest BCUT2D eigenvalue weighted by molar-refractivity contribution is 0.102. The molecular formula is C21H19N5OS. The van der Waals surface area contributed by atoms with E-state index in [1.807, 2.05) is 43.5 Å². The molecule has 2 aromatic heterocycles. The summed E-state index contributed by atoms with van der Waals surface area (Å²) in [6, 6.07) is 11.3. The Balaban J connectivity index is 1.52. The highest BCUT2D eigenvalue weighted by molar-refractivity contribution is 7.79. The number of aromatic nitrogens is 3. The number of amides is 1. The van der Waals surface area contributed by atoms with E-state index in [-0.39, 0.29) is 5.91 Å². The zero-order valence-electron chi connectivity index (χ0n) is 15.4. The van der Waals surface area contributed by atoms with E-state index in [1.54, 1.807) is 12.3 Å². The molecule has 0 saturated carbocycles. The van der Waals surface area contributed by atoms with Crippen LogP contribution in [0.4, 0.5) is 11.5 Å². The van der Waals surface area contributed by atoms with Crippen molar-refractivity contribution in [3.8, 4) is 0 Å². The number of nitrogens with one attached hydrogen (secondary N) is 1. The Hall–Kier alpha value is -3.19. The molecule has 3 heterocycles. The van der Waals surface area contributed by atoms with E-state index < -0.39 is 0 Å². The van der Waals surface area contributed by atoms with Gasteiger partial charge in [0, 0.05) is 54.1 Å². The number of rotatable bonds is 4. The Morgan fingerprint density at radius 2 is 2.14 bits per heavy atom. The molecule has 0 saturated heterocycles. The third-order valence-electron chi connectivity index (χ3n) is 4.67. The summed E-state index contributed by atoms with van der Waals surface area (Å²) in [5.74, 6) is 1.19. The van der Waals surface area contributed by atoms with Crippen molar-refractivity contribution in [2.45, 2.75) is 19.9 Å². The van der Waals surface area contributed by atoms with E-state index in [2.05, 4.69) is 25.2 Å². The fourth-order valence-electron chi connectivity index (χ4n) is 3.24. The van der Waals surface area contributed by atoms with Gasteiger partial charge in [-0.25, -0.2) is 15.0 Å². The molecular weight excluding hydrogens is 370 g/mol. The van der Waals surface area contributed by atoms with Gasteiger partial charge in [-0.2, -0.15) is 0 Å². The first kappa shape index (κ1) is 18.2. The number of hydrogen-bond donors (Lipinski definition) is 1. The third kappa shape index (κ3) is 3.89. The summed E-state index contributed by atoms with van der Waals surface area (Å²) in [4.78, 5) is 28.0. The summed E-state index contributed by atoms with van der Waals surface area (Å²) >= 11 is 4.91. The molecule has 28 heavy (non-hydrogen) atoms. The molecule has 0 bridgehead atoms. The first-order chi connectivity index (χ1) is 13.6. The van der Waals surface area contributed by atoms with Crippen LogP contribution in [0.1, 0.15) is 33.0 Å². The summed E-state index contributed by atoms with van der Waals surface area (Å²) in [5.41, 5.74) is 4.53. The minimum atomic E-state index is -0.152. The van der Waals surface area contributed by atoms with E-state index in [0.29, 0.717) is 17.9 Å². The van der Waals surface area contributed by atoms with Gasteiger partial charge < -0.3 is 10.2 Å². The number of nitrogens with zero attached hydrogens (tertiary/aromatic N) is 4. The molecule has 140 valence electrons. The molecule has 1 aromatic carbocycles. The van der Waals surface area contributed by atoms with Crippen molar-refractivity contribution < 1.29 is 4.79 Å². The smallest absolute Gasteiger partial charge is 0.255 e. The largest absolute Gasteiger partial charge is 0.352 e. The summed E-state index contributed by atoms with van der Waals surface area (Å²) in [6.45, 7) is 3.42. The predicted octanol–water partition coefficient (Wildman–Crippen LogP) is 3.34. The molecule has 4 rings (SSSR count). The van der Waals surface area contributed by atoms with E-state index in [4.69, 9.17) is 12.2 Å². The van der Waals surface area contributed by atoms with Crippen LogP contribution in [0, 0.1) is 6.92 Å². The predicted molar refractivity (Wildman–Crippen MR) is 113 cm³/mol. The van der Waals surface area contributed by atoms with Crippen molar-refractivity contribution in [2.75, 3.05) is 16.8 Å². The Bertz CT molecular complexity index is 1050. The number of anilines is 2. The van der Waals surface area contributed by atoms with Gasteiger partial charge in [-0.3, -0.25) is 4.79 Å². The Labute approximate surface area is 168 Å². The molecule has 0 unspecified atom stereocenters. The number of carbonyl (C=O) groups excluding carboxylic acids is 1. The van der Waals surface area contributed by atoms with Gasteiger partial charge in [0.1, 0.15) is 5.82 Å². The number of pyridine rings is 1. The van der Waals surface area contributed by atoms with Gasteiger partial charge in [-0.1, -0.05) is 24.4 Å². The first-order valence-electron chi connectivity index (χ1n) is 9.01. The van der Waals surface area contributed by atoms with Gasteiger partial charge in [0.2, 0.25) is 0 Å². The number of fused-ring (bicyclic) bond motifs is 1. The van der Waals surface area contributed by atoms with Crippen LogP contribution < -0.4 is 10.2 Å². The molecule has 1 aliphatic heterocycles. The van der Waals surface area contributed by atoms with Crippen molar-refractivity contribution in [1.82, 2.24) is 15.0 Å². The lowest BCUT2D eigenvalue weighted by atomic mass is 10.1. The number of benzene rings is 1. The van der Waals surface area contributed by atoms with Crippen LogP contribution in [0.2, 0.25) is 0 Å². The van der Waals surface area contributed by atoms with Crippen molar-refractivity contribution in [3.05, 3.63) is 77.0 Å². The van der Waals surface area contributed by atoms with E-state index in [1.165, 1.54) is 5.37 Å². The first-order valence-corrected chi connectivity index (χ1v) is 9.48. The van der Waals surface area contributed by atoms with Crippen molar-refractivity contribution in [3.63, 3.8) is 0 Å². The van der Waals surface area contributed by atoms with Gasteiger partial charge in [-0.05, 0) is 36.8 Å². The normalized spacial score (nSPS) is 13.0. The lowest BCUT2D eigenvalue weighted by Crippen LogP contribution is -2.32. The molecule has 1 amide bonds. The summed E-state index contributed by atoms with van der Waals surface area (Å²) in [5, 5.41) is 4.43. The lowest BCUT2D eigenvalue weighted by Gasteiger charge is -2.29. The fraction of sp³-hybridized carbons (Fsp3) is 0.190. The maximum absolute atomic E-state index is 12.6. The van der Waals surface area contributed by atoms with Crippen LogP contribution in [-0.4, -0.2) is 32.8 Å². The Kier molecular flexibility index (Phi) is 5.08. The highest BCUT2D eigenvalue weighted by Gasteiger charge is 2.20. The second-order valence-corrected chi connectivity index (χ2v) is 6.95. The molecule has 0 aliphatic carbocycles. The molecule has 1 N–H and O–H groups in total. The molecule has 7 heteroatoms. The highest BCUT2D eigenvalue weighted by Crippen LogP contribution is 2.22. The van der Waals surface area contributed by atoms with Gasteiger partial charge in [-0.15, -0.1) is 0 Å². The van der Waals surface area contributed by atoms with E-state index >= 15 is 0 Å². The van der Waals surface area contributed by atoms with Gasteiger partial charge in [0.25, 0.3) is 5.91 Å². The van der Waals surface area contributed by atoms with E-state index in [9.17, 15) is 4.79 Å². The molecule has 1 aliphatic rings. The van der Waals surface area contributed by atoms with Gasteiger partial charge in [0.05, 0.1) is 5.69 Å². The second kappa shape index (κ2) is 7.82. The quantitative estimate of drug-likeness (QED) is 0.690. The molecule has 0 radical (unpaired) electrons. The number of aryl methyl sites for hydroxylation is 1. The van der Waals surface area contributed by atoms with Crippen LogP contribution in [-0.2, 0) is 13.0 Å². The molecule has 0 fully saturated rings. The van der Waals surface area contributed by atoms with E-state index in [0.717, 1.165) is 41.3 Å². The second-order valence-electron chi connectivity index (χ2n) is 6.72. The summed E-state index contributed by atoms with van der Waals surface area (Å²) in [6.07, 6.45) is 4.28. The van der Waals surface area contributed by atoms with Crippen molar-refractivity contribution in [2.24, 2.45) is 0 Å². The minimum absolute atomic E-state index is 0.152. The minimum Gasteiger partial charge on any atom is -0.352 e. The monoisotopic (exact) mass is 389 g/mol. The third-order valence-corrected chi connectivity index (χ3v) is 4.88. The summed E-state index contributed by atoms with van der Waals surface area (Å²) in [7, 11) is 0. The maximum atomic E-state index is 12.6. The van der Waals surface area contributed by atoms with Crippen molar-refractivity contribution in [1.29, 1.82) is 0 Å². The molecule has 0 atom stereocenters. The highest BCUT2D eigenvalue weighted by atomic mass is 32.1. The van der Waals surface area contributed by atoms with Crippen LogP contribution in [0.3, 0.4) is 0 Å². The maximum Gasteiger partial charge on any atom is 0.255 e. The standard InChI is InChI=1S/C21H19N5OS/c1-14-3-2-4-17(9-14)24-21(27)15-5-7-22-20(10-15)26-8-6-18-16(12-26)11-23-19(13-28)25-18/h2-5,7,9-11,13H,6,8,12H2,1H3,(H,24,27). The number of thiocarbonyl (C=S) groups is 1. The Morgan fingerprint density at radius 1 is 1.25 bits per heavy atom. The van der Waals surface area contributed by atoms with Crippen LogP contribution in [0.5, 0.6) is 0 Å². The zero-order valence-corrected chi connectivity index (χ0v) is 16.2. The number of carbonyl (C=O) groups is 1. The fourth-order valence-corrected chi connectivity index (χ4v) is 3.36. The van der Waals surface area contributed by atoms with Crippen LogP contribution in [0.25, 0.3) is 0 Å². The van der Waals surface area contributed by atoms with Gasteiger partial charge >= 0.3 is 0 Å². The molecule has 3 aromatic rings. The van der Waals surface area contributed by atoms with Crippen LogP contribution in [0.15, 0.2) is 48.8 Å². The molecule has 0 spiro atoms.